The first-order chi connectivity index (χ1) is 16.8. The van der Waals surface area contributed by atoms with Gasteiger partial charge in [-0.15, -0.1) is 0 Å². The molecule has 0 atom stereocenters. The van der Waals surface area contributed by atoms with Gasteiger partial charge in [-0.3, -0.25) is 14.9 Å². The SMILES string of the molecule is Cc1cc([N+](=O)[O-])nn1Cc1ccc(C(=O)NN=Cc2ccc(-c3ccc([N+](=O)[O-])cc3)o2)cc1. The van der Waals surface area contributed by atoms with Crippen LogP contribution in [0.1, 0.15) is 27.4 Å². The number of carbonyl (C=O) groups is 1. The standard InChI is InChI=1S/C23H18N6O6/c1-15-12-22(29(33)34)26-27(15)14-16-2-4-18(5-3-16)23(30)25-24-13-20-10-11-21(35-20)17-6-8-19(9-7-17)28(31)32/h2-13H,14H2,1H3,(H,25,30). The van der Waals surface area contributed by atoms with Crippen LogP contribution in [0, 0.1) is 27.2 Å². The zero-order chi connectivity index (χ0) is 24.9. The topological polar surface area (TPSA) is 159 Å². The van der Waals surface area contributed by atoms with Gasteiger partial charge in [-0.25, -0.2) is 5.43 Å². The quantitative estimate of drug-likeness (QED) is 0.229. The average molecular weight is 474 g/mol. The number of nitro benzene ring substituents is 1. The van der Waals surface area contributed by atoms with Crippen LogP contribution in [0.2, 0.25) is 0 Å². The van der Waals surface area contributed by atoms with E-state index in [9.17, 15) is 25.0 Å². The molecule has 0 aliphatic rings. The number of non-ortho nitro benzene ring substituents is 1. The van der Waals surface area contributed by atoms with Crippen LogP contribution in [0.5, 0.6) is 0 Å². The van der Waals surface area contributed by atoms with Crippen LogP contribution < -0.4 is 5.43 Å². The third-order valence-electron chi connectivity index (χ3n) is 5.05. The van der Waals surface area contributed by atoms with Gasteiger partial charge in [0.25, 0.3) is 11.6 Å². The molecule has 0 aliphatic heterocycles. The van der Waals surface area contributed by atoms with Crippen LogP contribution in [0.3, 0.4) is 0 Å². The number of furan rings is 1. The van der Waals surface area contributed by atoms with Gasteiger partial charge in [-0.1, -0.05) is 12.1 Å². The molecule has 35 heavy (non-hydrogen) atoms. The Labute approximate surface area is 197 Å². The Kier molecular flexibility index (Phi) is 6.44. The van der Waals surface area contributed by atoms with E-state index in [0.717, 1.165) is 5.56 Å². The summed E-state index contributed by atoms with van der Waals surface area (Å²) >= 11 is 0. The second-order valence-corrected chi connectivity index (χ2v) is 7.46. The summed E-state index contributed by atoms with van der Waals surface area (Å²) in [6.45, 7) is 2.06. The minimum Gasteiger partial charge on any atom is -0.455 e. The van der Waals surface area contributed by atoms with Crippen LogP contribution in [0.25, 0.3) is 11.3 Å². The number of amides is 1. The van der Waals surface area contributed by atoms with Gasteiger partial charge in [0.05, 0.1) is 34.5 Å². The first-order valence-electron chi connectivity index (χ1n) is 10.3. The Morgan fingerprint density at radius 1 is 1.06 bits per heavy atom. The lowest BCUT2D eigenvalue weighted by atomic mass is 10.1. The summed E-state index contributed by atoms with van der Waals surface area (Å²) in [7, 11) is 0. The fourth-order valence-corrected chi connectivity index (χ4v) is 3.22. The lowest BCUT2D eigenvalue weighted by Gasteiger charge is -2.03. The van der Waals surface area contributed by atoms with Crippen molar-refractivity contribution in [1.29, 1.82) is 0 Å². The Balaban J connectivity index is 1.34. The third-order valence-corrected chi connectivity index (χ3v) is 5.05. The molecule has 0 saturated carbocycles. The number of hydrazone groups is 1. The average Bonchev–Trinajstić information content (AvgIpc) is 3.46. The number of aromatic nitrogens is 2. The minimum atomic E-state index is -0.545. The molecule has 0 unspecified atom stereocenters. The van der Waals surface area contributed by atoms with E-state index >= 15 is 0 Å². The molecule has 12 nitrogen and oxygen atoms in total. The molecule has 0 fully saturated rings. The van der Waals surface area contributed by atoms with Crippen LogP contribution in [-0.4, -0.2) is 31.7 Å². The van der Waals surface area contributed by atoms with E-state index in [-0.39, 0.29) is 11.5 Å². The number of nitrogens with zero attached hydrogens (tertiary/aromatic N) is 5. The first-order valence-corrected chi connectivity index (χ1v) is 10.3. The molecule has 2 heterocycles. The number of hydrogen-bond donors (Lipinski definition) is 1. The summed E-state index contributed by atoms with van der Waals surface area (Å²) in [5.74, 6) is 0.243. The number of hydrogen-bond acceptors (Lipinski definition) is 8. The minimum absolute atomic E-state index is 0.0155. The second-order valence-electron chi connectivity index (χ2n) is 7.46. The molecule has 0 spiro atoms. The summed E-state index contributed by atoms with van der Waals surface area (Å²) in [6.07, 6.45) is 1.34. The molecule has 12 heteroatoms. The van der Waals surface area contributed by atoms with Crippen LogP contribution in [0.4, 0.5) is 11.5 Å². The number of carbonyl (C=O) groups excluding carboxylic acids is 1. The number of nitrogens with one attached hydrogen (secondary N) is 1. The normalized spacial score (nSPS) is 11.0. The smallest absolute Gasteiger partial charge is 0.390 e. The second kappa shape index (κ2) is 9.79. The summed E-state index contributed by atoms with van der Waals surface area (Å²) in [4.78, 5) is 32.9. The van der Waals surface area contributed by atoms with Gasteiger partial charge < -0.3 is 14.5 Å². The van der Waals surface area contributed by atoms with Crippen molar-refractivity contribution in [2.75, 3.05) is 0 Å². The first kappa shape index (κ1) is 23.0. The molecular weight excluding hydrogens is 456 g/mol. The molecule has 0 radical (unpaired) electrons. The highest BCUT2D eigenvalue weighted by molar-refractivity contribution is 5.94. The molecule has 2 aromatic heterocycles. The van der Waals surface area contributed by atoms with Gasteiger partial charge in [0, 0.05) is 23.3 Å². The zero-order valence-electron chi connectivity index (χ0n) is 18.3. The van der Waals surface area contributed by atoms with Crippen molar-refractivity contribution in [3.63, 3.8) is 0 Å². The van der Waals surface area contributed by atoms with E-state index in [1.54, 1.807) is 55.5 Å². The lowest BCUT2D eigenvalue weighted by Crippen LogP contribution is -2.17. The van der Waals surface area contributed by atoms with Gasteiger partial charge >= 0.3 is 5.82 Å². The molecular formula is C23H18N6O6. The Hall–Kier alpha value is -5.13. The summed E-state index contributed by atoms with van der Waals surface area (Å²) in [5, 5.41) is 29.5. The van der Waals surface area contributed by atoms with Crippen molar-refractivity contribution in [2.24, 2.45) is 5.10 Å². The van der Waals surface area contributed by atoms with E-state index in [4.69, 9.17) is 4.42 Å². The van der Waals surface area contributed by atoms with Crippen molar-refractivity contribution in [1.82, 2.24) is 15.2 Å². The predicted molar refractivity (Wildman–Crippen MR) is 125 cm³/mol. The van der Waals surface area contributed by atoms with E-state index in [0.29, 0.717) is 34.9 Å². The number of benzene rings is 2. The van der Waals surface area contributed by atoms with Gasteiger partial charge in [0.15, 0.2) is 0 Å². The third kappa shape index (κ3) is 5.45. The molecule has 4 rings (SSSR count). The maximum atomic E-state index is 12.3. The van der Waals surface area contributed by atoms with Gasteiger partial charge in [0.1, 0.15) is 11.5 Å². The molecule has 0 bridgehead atoms. The highest BCUT2D eigenvalue weighted by Gasteiger charge is 2.15. The number of nitro groups is 2. The zero-order valence-corrected chi connectivity index (χ0v) is 18.3. The molecule has 0 aliphatic carbocycles. The lowest BCUT2D eigenvalue weighted by molar-refractivity contribution is -0.389. The molecule has 176 valence electrons. The highest BCUT2D eigenvalue weighted by atomic mass is 16.6. The van der Waals surface area contributed by atoms with E-state index in [2.05, 4.69) is 15.6 Å². The molecule has 2 aromatic carbocycles. The van der Waals surface area contributed by atoms with Crippen molar-refractivity contribution in [3.8, 4) is 11.3 Å². The highest BCUT2D eigenvalue weighted by Crippen LogP contribution is 2.24. The fraction of sp³-hybridized carbons (Fsp3) is 0.0870. The number of rotatable bonds is 8. The largest absolute Gasteiger partial charge is 0.455 e. The van der Waals surface area contributed by atoms with Crippen molar-refractivity contribution in [3.05, 3.63) is 110 Å². The maximum Gasteiger partial charge on any atom is 0.390 e. The Bertz CT molecular complexity index is 1420. The Morgan fingerprint density at radius 3 is 2.40 bits per heavy atom. The van der Waals surface area contributed by atoms with Crippen molar-refractivity contribution < 1.29 is 19.1 Å². The van der Waals surface area contributed by atoms with Crippen molar-refractivity contribution >= 4 is 23.6 Å². The summed E-state index contributed by atoms with van der Waals surface area (Å²) < 4.78 is 7.15. The van der Waals surface area contributed by atoms with Crippen LogP contribution in [-0.2, 0) is 6.54 Å². The number of aryl methyl sites for hydroxylation is 1. The van der Waals surface area contributed by atoms with E-state index < -0.39 is 15.8 Å². The van der Waals surface area contributed by atoms with Gasteiger partial charge in [0.2, 0.25) is 0 Å². The molecule has 4 aromatic rings. The molecule has 1 amide bonds. The predicted octanol–water partition coefficient (Wildman–Crippen LogP) is 4.08. The molecule has 0 saturated heterocycles. The maximum absolute atomic E-state index is 12.3. The summed E-state index contributed by atoms with van der Waals surface area (Å²) in [6, 6.07) is 17.4. The van der Waals surface area contributed by atoms with Crippen LogP contribution in [0.15, 0.2) is 76.2 Å². The summed E-state index contributed by atoms with van der Waals surface area (Å²) in [5.41, 5.74) is 4.91. The van der Waals surface area contributed by atoms with E-state index in [1.807, 2.05) is 0 Å². The van der Waals surface area contributed by atoms with Crippen molar-refractivity contribution in [2.45, 2.75) is 13.5 Å². The van der Waals surface area contributed by atoms with E-state index in [1.165, 1.54) is 29.1 Å². The fourth-order valence-electron chi connectivity index (χ4n) is 3.22. The van der Waals surface area contributed by atoms with Gasteiger partial charge in [-0.2, -0.15) is 9.78 Å². The van der Waals surface area contributed by atoms with Gasteiger partial charge in [-0.05, 0) is 53.8 Å². The monoisotopic (exact) mass is 474 g/mol. The Morgan fingerprint density at radius 2 is 1.77 bits per heavy atom. The van der Waals surface area contributed by atoms with Crippen LogP contribution >= 0.6 is 0 Å². The molecule has 1 N–H and O–H groups in total.